The molecule has 3 rings (SSSR count). The molecule has 1 fully saturated rings. The summed E-state index contributed by atoms with van der Waals surface area (Å²) in [6.07, 6.45) is 9.83. The number of rotatable bonds is 7. The maximum absolute atomic E-state index is 6.59. The first-order valence-electron chi connectivity index (χ1n) is 10.9. The van der Waals surface area contributed by atoms with Crippen LogP contribution >= 0.6 is 0 Å². The van der Waals surface area contributed by atoms with Crippen molar-refractivity contribution >= 4 is 0 Å². The molecule has 3 atom stereocenters. The fourth-order valence-corrected chi connectivity index (χ4v) is 5.18. The highest BCUT2D eigenvalue weighted by atomic mass is 16.5. The van der Waals surface area contributed by atoms with Crippen molar-refractivity contribution in [1.29, 1.82) is 0 Å². The smallest absolute Gasteiger partial charge is 0.127 e. The number of methoxy groups -OCH3 is 1. The highest BCUT2D eigenvalue weighted by Crippen LogP contribution is 2.55. The molecule has 0 radical (unpaired) electrons. The number of unbranched alkanes of at least 4 members (excludes halogenated alkanes) is 3. The van der Waals surface area contributed by atoms with Crippen molar-refractivity contribution in [3.05, 3.63) is 35.4 Å². The Labute approximate surface area is 166 Å². The highest BCUT2D eigenvalue weighted by molar-refractivity contribution is 5.53. The molecule has 0 aromatic heterocycles. The van der Waals surface area contributed by atoms with Gasteiger partial charge < -0.3 is 9.47 Å². The van der Waals surface area contributed by atoms with Gasteiger partial charge in [0.25, 0.3) is 0 Å². The van der Waals surface area contributed by atoms with E-state index in [1.165, 1.54) is 48.8 Å². The lowest BCUT2D eigenvalue weighted by atomic mass is 9.65. The SMILES string of the molecule is C=C1CC[C@@H]2[C@@H](C1)c1c(OC)cc(C(C)CCCCCC)cc1OC2(C)C. The number of fused-ring (bicyclic) bond motifs is 3. The maximum atomic E-state index is 6.59. The summed E-state index contributed by atoms with van der Waals surface area (Å²) in [4.78, 5) is 0. The van der Waals surface area contributed by atoms with Crippen LogP contribution in [0, 0.1) is 5.92 Å². The maximum Gasteiger partial charge on any atom is 0.127 e. The third kappa shape index (κ3) is 4.20. The van der Waals surface area contributed by atoms with Crippen molar-refractivity contribution in [2.75, 3.05) is 7.11 Å². The van der Waals surface area contributed by atoms with Gasteiger partial charge in [-0.25, -0.2) is 0 Å². The molecule has 1 unspecified atom stereocenters. The average molecular weight is 371 g/mol. The largest absolute Gasteiger partial charge is 0.496 e. The molecule has 27 heavy (non-hydrogen) atoms. The predicted molar refractivity (Wildman–Crippen MR) is 114 cm³/mol. The van der Waals surface area contributed by atoms with E-state index in [4.69, 9.17) is 9.47 Å². The first-order valence-corrected chi connectivity index (χ1v) is 10.9. The van der Waals surface area contributed by atoms with Crippen LogP contribution in [-0.2, 0) is 0 Å². The van der Waals surface area contributed by atoms with Crippen molar-refractivity contribution in [1.82, 2.24) is 0 Å². The van der Waals surface area contributed by atoms with Crippen LogP contribution in [0.4, 0.5) is 0 Å². The van der Waals surface area contributed by atoms with Crippen LogP contribution < -0.4 is 9.47 Å². The second kappa shape index (κ2) is 8.29. The first kappa shape index (κ1) is 20.3. The van der Waals surface area contributed by atoms with Gasteiger partial charge in [-0.2, -0.15) is 0 Å². The van der Waals surface area contributed by atoms with Crippen LogP contribution in [0.3, 0.4) is 0 Å². The van der Waals surface area contributed by atoms with E-state index in [-0.39, 0.29) is 5.60 Å². The zero-order valence-electron chi connectivity index (χ0n) is 18.1. The highest BCUT2D eigenvalue weighted by Gasteiger charge is 2.46. The first-order chi connectivity index (χ1) is 12.9. The van der Waals surface area contributed by atoms with Gasteiger partial charge in [0, 0.05) is 17.4 Å². The molecule has 150 valence electrons. The molecule has 1 aliphatic heterocycles. The van der Waals surface area contributed by atoms with Crippen molar-refractivity contribution in [3.63, 3.8) is 0 Å². The fourth-order valence-electron chi connectivity index (χ4n) is 5.18. The van der Waals surface area contributed by atoms with Crippen LogP contribution in [0.5, 0.6) is 11.5 Å². The van der Waals surface area contributed by atoms with Gasteiger partial charge in [0.1, 0.15) is 17.1 Å². The predicted octanol–water partition coefficient (Wildman–Crippen LogP) is 7.38. The van der Waals surface area contributed by atoms with Crippen LogP contribution in [0.15, 0.2) is 24.3 Å². The Kier molecular flexibility index (Phi) is 6.23. The van der Waals surface area contributed by atoms with E-state index in [2.05, 4.69) is 46.4 Å². The van der Waals surface area contributed by atoms with Gasteiger partial charge in [-0.05, 0) is 63.1 Å². The van der Waals surface area contributed by atoms with Gasteiger partial charge in [-0.1, -0.05) is 51.7 Å². The van der Waals surface area contributed by atoms with E-state index in [0.717, 1.165) is 30.8 Å². The van der Waals surface area contributed by atoms with Gasteiger partial charge in [0.15, 0.2) is 0 Å². The zero-order chi connectivity index (χ0) is 19.6. The molecule has 0 bridgehead atoms. The summed E-state index contributed by atoms with van der Waals surface area (Å²) in [6.45, 7) is 13.4. The van der Waals surface area contributed by atoms with Crippen LogP contribution in [-0.4, -0.2) is 12.7 Å². The van der Waals surface area contributed by atoms with E-state index >= 15 is 0 Å². The Bertz CT molecular complexity index is 673. The molecule has 0 spiro atoms. The Morgan fingerprint density at radius 3 is 2.74 bits per heavy atom. The summed E-state index contributed by atoms with van der Waals surface area (Å²) >= 11 is 0. The Morgan fingerprint density at radius 1 is 1.26 bits per heavy atom. The standard InChI is InChI=1S/C25H38O2/c1-7-8-9-10-11-18(3)19-15-22(26-6)24-20-14-17(2)12-13-21(20)25(4,5)27-23(24)16-19/h15-16,18,20-21H,2,7-14H2,1,3-6H3/t18?,20-,21-/m1/s1. The van der Waals surface area contributed by atoms with Crippen LogP contribution in [0.2, 0.25) is 0 Å². The quantitative estimate of drug-likeness (QED) is 0.368. The summed E-state index contributed by atoms with van der Waals surface area (Å²) in [6, 6.07) is 4.58. The van der Waals surface area contributed by atoms with Gasteiger partial charge in [0.05, 0.1) is 7.11 Å². The molecule has 0 saturated heterocycles. The minimum atomic E-state index is -0.133. The fraction of sp³-hybridized carbons (Fsp3) is 0.680. The summed E-state index contributed by atoms with van der Waals surface area (Å²) in [5.41, 5.74) is 3.87. The third-order valence-electron chi connectivity index (χ3n) is 6.85. The van der Waals surface area contributed by atoms with Crippen molar-refractivity contribution < 1.29 is 9.47 Å². The lowest BCUT2D eigenvalue weighted by molar-refractivity contribution is -0.000916. The average Bonchev–Trinajstić information content (AvgIpc) is 2.63. The van der Waals surface area contributed by atoms with Gasteiger partial charge >= 0.3 is 0 Å². The minimum absolute atomic E-state index is 0.133. The van der Waals surface area contributed by atoms with Crippen molar-refractivity contribution in [3.8, 4) is 11.5 Å². The minimum Gasteiger partial charge on any atom is -0.496 e. The van der Waals surface area contributed by atoms with Gasteiger partial charge in [-0.3, -0.25) is 0 Å². The number of ether oxygens (including phenoxy) is 2. The normalized spacial score (nSPS) is 24.6. The summed E-state index contributed by atoms with van der Waals surface area (Å²) in [5, 5.41) is 0. The molecule has 2 nitrogen and oxygen atoms in total. The monoisotopic (exact) mass is 370 g/mol. The Balaban J connectivity index is 1.91. The summed E-state index contributed by atoms with van der Waals surface area (Å²) < 4.78 is 12.5. The number of hydrogen-bond donors (Lipinski definition) is 0. The van der Waals surface area contributed by atoms with Crippen molar-refractivity contribution in [2.24, 2.45) is 5.92 Å². The molecular formula is C25H38O2. The van der Waals surface area contributed by atoms with Crippen molar-refractivity contribution in [2.45, 2.75) is 96.5 Å². The molecule has 1 aromatic rings. The zero-order valence-corrected chi connectivity index (χ0v) is 18.1. The van der Waals surface area contributed by atoms with E-state index < -0.39 is 0 Å². The van der Waals surface area contributed by atoms with E-state index in [1.807, 2.05) is 0 Å². The second-order valence-electron chi connectivity index (χ2n) is 9.30. The molecule has 1 aliphatic carbocycles. The van der Waals surface area contributed by atoms with E-state index in [0.29, 0.717) is 17.8 Å². The van der Waals surface area contributed by atoms with Crippen LogP contribution in [0.1, 0.15) is 102 Å². The molecular weight excluding hydrogens is 332 g/mol. The summed E-state index contributed by atoms with van der Waals surface area (Å²) in [7, 11) is 1.80. The Morgan fingerprint density at radius 2 is 2.04 bits per heavy atom. The van der Waals surface area contributed by atoms with E-state index in [1.54, 1.807) is 7.11 Å². The third-order valence-corrected chi connectivity index (χ3v) is 6.85. The van der Waals surface area contributed by atoms with Gasteiger partial charge in [0.2, 0.25) is 0 Å². The molecule has 0 amide bonds. The van der Waals surface area contributed by atoms with Gasteiger partial charge in [-0.15, -0.1) is 0 Å². The molecule has 0 N–H and O–H groups in total. The number of hydrogen-bond acceptors (Lipinski definition) is 2. The molecule has 1 saturated carbocycles. The molecule has 1 aromatic carbocycles. The lowest BCUT2D eigenvalue weighted by Gasteiger charge is -2.48. The molecule has 2 heteroatoms. The molecule has 1 heterocycles. The topological polar surface area (TPSA) is 18.5 Å². The van der Waals surface area contributed by atoms with Crippen LogP contribution in [0.25, 0.3) is 0 Å². The second-order valence-corrected chi connectivity index (χ2v) is 9.30. The lowest BCUT2D eigenvalue weighted by Crippen LogP contribution is -2.46. The summed E-state index contributed by atoms with van der Waals surface area (Å²) in [5.74, 6) is 3.59. The number of benzene rings is 1. The number of allylic oxidation sites excluding steroid dienone is 1. The van der Waals surface area contributed by atoms with E-state index in [9.17, 15) is 0 Å². The Hall–Kier alpha value is -1.44. The molecule has 2 aliphatic rings.